The Bertz CT molecular complexity index is 863. The highest BCUT2D eigenvalue weighted by Crippen LogP contribution is 2.23. The van der Waals surface area contributed by atoms with E-state index < -0.39 is 0 Å². The van der Waals surface area contributed by atoms with Crippen LogP contribution in [0.4, 0.5) is 5.95 Å². The third kappa shape index (κ3) is 4.14. The van der Waals surface area contributed by atoms with Gasteiger partial charge in [0.05, 0.1) is 17.7 Å². The minimum atomic E-state index is -0.274. The topological polar surface area (TPSA) is 95.9 Å². The van der Waals surface area contributed by atoms with Gasteiger partial charge < -0.3 is 10.2 Å². The molecule has 1 aliphatic heterocycles. The second-order valence-corrected chi connectivity index (χ2v) is 8.28. The first-order chi connectivity index (χ1) is 12.8. The van der Waals surface area contributed by atoms with Gasteiger partial charge in [0.15, 0.2) is 5.65 Å². The maximum absolute atomic E-state index is 12.5. The van der Waals surface area contributed by atoms with Crippen LogP contribution in [0.5, 0.6) is 0 Å². The van der Waals surface area contributed by atoms with Gasteiger partial charge in [-0.2, -0.15) is 10.1 Å². The molecule has 8 nitrogen and oxygen atoms in total. The standard InChI is InChI=1S/C19H30N6O2/c1-5-6-9-20-16(26)13-8-7-10-24(12-13)18-22-15-14(17(27)23-18)11-21-25(15)19(2,3)4/h11,13H,5-10,12H2,1-4H3,(H,20,26)(H,22,23,27). The number of hydrogen-bond acceptors (Lipinski definition) is 5. The van der Waals surface area contributed by atoms with Gasteiger partial charge in [-0.3, -0.25) is 14.6 Å². The van der Waals surface area contributed by atoms with Crippen molar-refractivity contribution >= 4 is 22.9 Å². The van der Waals surface area contributed by atoms with Crippen LogP contribution in [0, 0.1) is 5.92 Å². The maximum atomic E-state index is 12.5. The summed E-state index contributed by atoms with van der Waals surface area (Å²) >= 11 is 0. The molecule has 1 fully saturated rings. The van der Waals surface area contributed by atoms with E-state index in [1.54, 1.807) is 10.9 Å². The van der Waals surface area contributed by atoms with Gasteiger partial charge in [0, 0.05) is 19.6 Å². The van der Waals surface area contributed by atoms with E-state index in [1.165, 1.54) is 0 Å². The van der Waals surface area contributed by atoms with Crippen LogP contribution in [0.2, 0.25) is 0 Å². The van der Waals surface area contributed by atoms with Crippen molar-refractivity contribution in [2.75, 3.05) is 24.5 Å². The fraction of sp³-hybridized carbons (Fsp3) is 0.684. The summed E-state index contributed by atoms with van der Waals surface area (Å²) in [7, 11) is 0. The van der Waals surface area contributed by atoms with Gasteiger partial charge in [-0.1, -0.05) is 13.3 Å². The summed E-state index contributed by atoms with van der Waals surface area (Å²) < 4.78 is 1.78. The van der Waals surface area contributed by atoms with E-state index in [0.717, 1.165) is 38.8 Å². The van der Waals surface area contributed by atoms with Crippen molar-refractivity contribution in [3.05, 3.63) is 16.6 Å². The number of aromatic nitrogens is 4. The lowest BCUT2D eigenvalue weighted by Gasteiger charge is -2.32. The number of carbonyl (C=O) groups is 1. The number of unbranched alkanes of at least 4 members (excludes halogenated alkanes) is 1. The molecule has 0 radical (unpaired) electrons. The first-order valence-corrected chi connectivity index (χ1v) is 9.82. The van der Waals surface area contributed by atoms with Gasteiger partial charge >= 0.3 is 0 Å². The molecule has 0 aliphatic carbocycles. The number of fused-ring (bicyclic) bond motifs is 1. The number of piperidine rings is 1. The average Bonchev–Trinajstić information content (AvgIpc) is 3.07. The van der Waals surface area contributed by atoms with Crippen molar-refractivity contribution in [3.63, 3.8) is 0 Å². The van der Waals surface area contributed by atoms with Crippen molar-refractivity contribution in [3.8, 4) is 0 Å². The Morgan fingerprint density at radius 1 is 1.41 bits per heavy atom. The molecule has 0 bridgehead atoms. The molecule has 2 aromatic heterocycles. The van der Waals surface area contributed by atoms with Crippen LogP contribution in [0.1, 0.15) is 53.4 Å². The fourth-order valence-corrected chi connectivity index (χ4v) is 3.46. The summed E-state index contributed by atoms with van der Waals surface area (Å²) in [5.74, 6) is 0.532. The van der Waals surface area contributed by atoms with Gasteiger partial charge in [-0.05, 0) is 40.0 Å². The Kier molecular flexibility index (Phi) is 5.53. The van der Waals surface area contributed by atoms with Crippen molar-refractivity contribution in [2.45, 2.75) is 58.9 Å². The maximum Gasteiger partial charge on any atom is 0.263 e. The summed E-state index contributed by atoms with van der Waals surface area (Å²) in [6.07, 6.45) is 5.37. The zero-order valence-electron chi connectivity index (χ0n) is 16.7. The average molecular weight is 374 g/mol. The molecule has 148 valence electrons. The first-order valence-electron chi connectivity index (χ1n) is 9.82. The summed E-state index contributed by atoms with van der Waals surface area (Å²) in [6, 6.07) is 0. The van der Waals surface area contributed by atoms with E-state index in [9.17, 15) is 9.59 Å². The summed E-state index contributed by atoms with van der Waals surface area (Å²) in [5.41, 5.74) is 0.111. The molecule has 1 saturated heterocycles. The Morgan fingerprint density at radius 2 is 2.19 bits per heavy atom. The van der Waals surface area contributed by atoms with Crippen LogP contribution in [-0.4, -0.2) is 45.3 Å². The van der Waals surface area contributed by atoms with Crippen LogP contribution in [0.3, 0.4) is 0 Å². The molecule has 1 aliphatic rings. The number of rotatable bonds is 5. The van der Waals surface area contributed by atoms with Crippen molar-refractivity contribution in [1.29, 1.82) is 0 Å². The highest BCUT2D eigenvalue weighted by molar-refractivity contribution is 5.79. The quantitative estimate of drug-likeness (QED) is 0.781. The van der Waals surface area contributed by atoms with Gasteiger partial charge in [-0.25, -0.2) is 4.68 Å². The highest BCUT2D eigenvalue weighted by atomic mass is 16.2. The van der Waals surface area contributed by atoms with Gasteiger partial charge in [-0.15, -0.1) is 0 Å². The van der Waals surface area contributed by atoms with Crippen LogP contribution in [0.15, 0.2) is 11.0 Å². The summed E-state index contributed by atoms with van der Waals surface area (Å²) in [4.78, 5) is 34.5. The molecule has 2 N–H and O–H groups in total. The van der Waals surface area contributed by atoms with Crippen LogP contribution in [0.25, 0.3) is 11.0 Å². The van der Waals surface area contributed by atoms with E-state index in [-0.39, 0.29) is 22.9 Å². The van der Waals surface area contributed by atoms with E-state index >= 15 is 0 Å². The lowest BCUT2D eigenvalue weighted by molar-refractivity contribution is -0.125. The molecule has 0 spiro atoms. The van der Waals surface area contributed by atoms with Gasteiger partial charge in [0.1, 0.15) is 5.39 Å². The van der Waals surface area contributed by atoms with Crippen molar-refractivity contribution in [1.82, 2.24) is 25.1 Å². The number of carbonyl (C=O) groups excluding carboxylic acids is 1. The number of aromatic amines is 1. The Balaban J connectivity index is 1.84. The molecule has 8 heteroatoms. The molecular formula is C19H30N6O2. The Hall–Kier alpha value is -2.38. The SMILES string of the molecule is CCCCNC(=O)C1CCCN(c2nc3c(cnn3C(C)(C)C)c(=O)[nH]2)C1. The first kappa shape index (κ1) is 19.4. The zero-order chi connectivity index (χ0) is 19.6. The second-order valence-electron chi connectivity index (χ2n) is 8.28. The number of amides is 1. The molecule has 27 heavy (non-hydrogen) atoms. The Morgan fingerprint density at radius 3 is 2.89 bits per heavy atom. The van der Waals surface area contributed by atoms with E-state index in [0.29, 0.717) is 23.5 Å². The predicted octanol–water partition coefficient (Wildman–Crippen LogP) is 2.01. The number of nitrogens with one attached hydrogen (secondary N) is 2. The number of nitrogens with zero attached hydrogens (tertiary/aromatic N) is 4. The smallest absolute Gasteiger partial charge is 0.263 e. The second kappa shape index (κ2) is 7.70. The highest BCUT2D eigenvalue weighted by Gasteiger charge is 2.28. The van der Waals surface area contributed by atoms with E-state index in [4.69, 9.17) is 4.98 Å². The number of anilines is 1. The third-order valence-corrected chi connectivity index (χ3v) is 4.98. The normalized spacial score (nSPS) is 18.1. The minimum Gasteiger partial charge on any atom is -0.356 e. The van der Waals surface area contributed by atoms with Crippen molar-refractivity contribution < 1.29 is 4.79 Å². The minimum absolute atomic E-state index is 0.0795. The molecular weight excluding hydrogens is 344 g/mol. The van der Waals surface area contributed by atoms with Crippen molar-refractivity contribution in [2.24, 2.45) is 5.92 Å². The third-order valence-electron chi connectivity index (χ3n) is 4.98. The molecule has 0 aromatic carbocycles. The van der Waals surface area contributed by atoms with Crippen LogP contribution in [-0.2, 0) is 10.3 Å². The van der Waals surface area contributed by atoms with E-state index in [1.807, 2.05) is 25.7 Å². The van der Waals surface area contributed by atoms with Gasteiger partial charge in [0.2, 0.25) is 11.9 Å². The molecule has 1 unspecified atom stereocenters. The molecule has 1 amide bonds. The van der Waals surface area contributed by atoms with E-state index in [2.05, 4.69) is 22.3 Å². The van der Waals surface area contributed by atoms with Gasteiger partial charge in [0.25, 0.3) is 5.56 Å². The molecule has 3 rings (SSSR count). The molecule has 1 atom stereocenters. The number of hydrogen-bond donors (Lipinski definition) is 2. The predicted molar refractivity (Wildman–Crippen MR) is 106 cm³/mol. The zero-order valence-corrected chi connectivity index (χ0v) is 16.7. The fourth-order valence-electron chi connectivity index (χ4n) is 3.46. The van der Waals surface area contributed by atoms with Crippen LogP contribution < -0.4 is 15.8 Å². The lowest BCUT2D eigenvalue weighted by atomic mass is 9.97. The molecule has 0 saturated carbocycles. The number of H-pyrrole nitrogens is 1. The molecule has 3 heterocycles. The monoisotopic (exact) mass is 374 g/mol. The lowest BCUT2D eigenvalue weighted by Crippen LogP contribution is -2.44. The Labute approximate surface area is 159 Å². The molecule has 2 aromatic rings. The van der Waals surface area contributed by atoms with Crippen LogP contribution >= 0.6 is 0 Å². The summed E-state index contributed by atoms with van der Waals surface area (Å²) in [5, 5.41) is 7.85. The summed E-state index contributed by atoms with van der Waals surface area (Å²) in [6.45, 7) is 10.2. The largest absolute Gasteiger partial charge is 0.356 e.